The number of halogens is 1. The van der Waals surface area contributed by atoms with Crippen molar-refractivity contribution in [3.63, 3.8) is 0 Å². The zero-order valence-corrected chi connectivity index (χ0v) is 19.6. The van der Waals surface area contributed by atoms with E-state index in [2.05, 4.69) is 25.6 Å². The third-order valence-corrected chi connectivity index (χ3v) is 6.63. The van der Waals surface area contributed by atoms with Gasteiger partial charge in [-0.3, -0.25) is 14.9 Å². The Morgan fingerprint density at radius 3 is 2.64 bits per heavy atom. The Kier molecular flexibility index (Phi) is 5.29. The number of nitrogens with one attached hydrogen (secondary N) is 4. The lowest BCUT2D eigenvalue weighted by Crippen LogP contribution is -2.26. The molecule has 5 aromatic rings. The summed E-state index contributed by atoms with van der Waals surface area (Å²) in [6, 6.07) is 17.6. The molecule has 8 heteroatoms. The standard InChI is InChI=1S/C28H24FN5O2/c1-15(17-3-2-4-20(29)11-17)31-27(36)22-14-30-23-9-7-18(12-21(22)23)19-8-10-24-25(13-19)33-28(32-24)34-26(35)16-5-6-16/h2-4,7-16,30H,5-6H2,1H3,(H,31,36)(H2,32,33,34,35). The molecule has 0 radical (unpaired) electrons. The van der Waals surface area contributed by atoms with Crippen molar-refractivity contribution < 1.29 is 14.0 Å². The maximum absolute atomic E-state index is 13.6. The summed E-state index contributed by atoms with van der Waals surface area (Å²) in [6.45, 7) is 1.83. The number of anilines is 1. The van der Waals surface area contributed by atoms with Gasteiger partial charge in [0, 0.05) is 23.0 Å². The molecule has 1 fully saturated rings. The molecule has 2 heterocycles. The molecule has 0 aliphatic heterocycles. The molecule has 4 N–H and O–H groups in total. The van der Waals surface area contributed by atoms with E-state index in [9.17, 15) is 14.0 Å². The Hall–Kier alpha value is -4.46. The van der Waals surface area contributed by atoms with Gasteiger partial charge in [0.25, 0.3) is 5.91 Å². The van der Waals surface area contributed by atoms with E-state index in [1.807, 2.05) is 43.3 Å². The molecular formula is C28H24FN5O2. The number of carbonyl (C=O) groups excluding carboxylic acids is 2. The number of H-pyrrole nitrogens is 2. The Morgan fingerprint density at radius 1 is 1.03 bits per heavy atom. The first-order valence-corrected chi connectivity index (χ1v) is 11.9. The monoisotopic (exact) mass is 481 g/mol. The largest absolute Gasteiger partial charge is 0.360 e. The molecule has 0 spiro atoms. The fraction of sp³-hybridized carbons (Fsp3) is 0.179. The Bertz CT molecular complexity index is 1630. The van der Waals surface area contributed by atoms with Crippen LogP contribution >= 0.6 is 0 Å². The van der Waals surface area contributed by atoms with Gasteiger partial charge in [0.05, 0.1) is 22.6 Å². The molecule has 180 valence electrons. The van der Waals surface area contributed by atoms with Crippen LogP contribution in [0.5, 0.6) is 0 Å². The van der Waals surface area contributed by atoms with Crippen molar-refractivity contribution in [3.05, 3.63) is 83.8 Å². The second-order valence-corrected chi connectivity index (χ2v) is 9.29. The van der Waals surface area contributed by atoms with Crippen molar-refractivity contribution in [1.29, 1.82) is 0 Å². The highest BCUT2D eigenvalue weighted by Crippen LogP contribution is 2.31. The SMILES string of the molecule is CC(NC(=O)c1c[nH]c2ccc(-c3ccc4nc(NC(=O)C5CC5)[nH]c4c3)cc12)c1cccc(F)c1. The molecule has 2 aromatic heterocycles. The molecule has 1 atom stereocenters. The number of fused-ring (bicyclic) bond motifs is 2. The average Bonchev–Trinajstić information content (AvgIpc) is 3.52. The van der Waals surface area contributed by atoms with Crippen molar-refractivity contribution in [3.8, 4) is 11.1 Å². The fourth-order valence-corrected chi connectivity index (χ4v) is 4.43. The lowest BCUT2D eigenvalue weighted by Gasteiger charge is -2.14. The van der Waals surface area contributed by atoms with E-state index in [1.165, 1.54) is 12.1 Å². The number of hydrogen-bond acceptors (Lipinski definition) is 3. The lowest BCUT2D eigenvalue weighted by atomic mass is 10.0. The molecule has 3 aromatic carbocycles. The van der Waals surface area contributed by atoms with Crippen LogP contribution in [0.2, 0.25) is 0 Å². The first-order valence-electron chi connectivity index (χ1n) is 11.9. The zero-order valence-electron chi connectivity index (χ0n) is 19.6. The Balaban J connectivity index is 1.27. The minimum atomic E-state index is -0.348. The number of imidazole rings is 1. The Labute approximate surface area is 206 Å². The van der Waals surface area contributed by atoms with Gasteiger partial charge in [-0.05, 0) is 72.9 Å². The normalized spacial score (nSPS) is 14.2. The minimum Gasteiger partial charge on any atom is -0.360 e. The van der Waals surface area contributed by atoms with Crippen LogP contribution in [-0.4, -0.2) is 26.8 Å². The first kappa shape index (κ1) is 22.0. The van der Waals surface area contributed by atoms with Gasteiger partial charge in [-0.25, -0.2) is 9.37 Å². The van der Waals surface area contributed by atoms with Gasteiger partial charge >= 0.3 is 0 Å². The molecule has 1 unspecified atom stereocenters. The number of rotatable bonds is 6. The van der Waals surface area contributed by atoms with Crippen molar-refractivity contribution in [2.75, 3.05) is 5.32 Å². The van der Waals surface area contributed by atoms with Crippen LogP contribution in [0, 0.1) is 11.7 Å². The predicted octanol–water partition coefficient (Wildman–Crippen LogP) is 5.69. The highest BCUT2D eigenvalue weighted by Gasteiger charge is 2.30. The van der Waals surface area contributed by atoms with E-state index in [1.54, 1.807) is 18.3 Å². The van der Waals surface area contributed by atoms with Crippen molar-refractivity contribution >= 4 is 39.7 Å². The number of aromatic nitrogens is 3. The van der Waals surface area contributed by atoms with Crippen LogP contribution in [0.25, 0.3) is 33.1 Å². The lowest BCUT2D eigenvalue weighted by molar-refractivity contribution is -0.117. The van der Waals surface area contributed by atoms with Crippen molar-refractivity contribution in [1.82, 2.24) is 20.3 Å². The summed E-state index contributed by atoms with van der Waals surface area (Å²) in [7, 11) is 0. The van der Waals surface area contributed by atoms with Crippen LogP contribution in [0.1, 0.15) is 41.7 Å². The van der Waals surface area contributed by atoms with Gasteiger partial charge < -0.3 is 15.3 Å². The molecule has 7 nitrogen and oxygen atoms in total. The molecule has 1 saturated carbocycles. The minimum absolute atomic E-state index is 0.00436. The van der Waals surface area contributed by atoms with E-state index in [4.69, 9.17) is 0 Å². The number of aromatic amines is 2. The maximum atomic E-state index is 13.6. The summed E-state index contributed by atoms with van der Waals surface area (Å²) in [5.41, 5.74) is 5.53. The smallest absolute Gasteiger partial charge is 0.253 e. The quantitative estimate of drug-likeness (QED) is 0.251. The Morgan fingerprint density at radius 2 is 1.83 bits per heavy atom. The molecule has 0 saturated heterocycles. The van der Waals surface area contributed by atoms with Crippen LogP contribution in [0.3, 0.4) is 0 Å². The third kappa shape index (κ3) is 4.22. The molecule has 0 bridgehead atoms. The van der Waals surface area contributed by atoms with E-state index < -0.39 is 0 Å². The number of nitrogens with zero attached hydrogens (tertiary/aromatic N) is 1. The van der Waals surface area contributed by atoms with E-state index in [0.717, 1.165) is 45.9 Å². The molecule has 2 amide bonds. The average molecular weight is 482 g/mol. The second-order valence-electron chi connectivity index (χ2n) is 9.29. The van der Waals surface area contributed by atoms with Crippen LogP contribution in [0.15, 0.2) is 66.9 Å². The number of benzene rings is 3. The van der Waals surface area contributed by atoms with Crippen molar-refractivity contribution in [2.24, 2.45) is 5.92 Å². The summed E-state index contributed by atoms with van der Waals surface area (Å²) in [4.78, 5) is 36.0. The van der Waals surface area contributed by atoms with Gasteiger partial charge in [0.1, 0.15) is 5.82 Å². The van der Waals surface area contributed by atoms with Crippen LogP contribution < -0.4 is 10.6 Å². The molecule has 36 heavy (non-hydrogen) atoms. The number of hydrogen-bond donors (Lipinski definition) is 4. The highest BCUT2D eigenvalue weighted by molar-refractivity contribution is 6.08. The molecule has 1 aliphatic carbocycles. The van der Waals surface area contributed by atoms with Crippen LogP contribution in [-0.2, 0) is 4.79 Å². The molecule has 1 aliphatic rings. The molecular weight excluding hydrogens is 457 g/mol. The van der Waals surface area contributed by atoms with E-state index >= 15 is 0 Å². The molecule has 6 rings (SSSR count). The fourth-order valence-electron chi connectivity index (χ4n) is 4.43. The number of carbonyl (C=O) groups is 2. The van der Waals surface area contributed by atoms with Gasteiger partial charge in [-0.15, -0.1) is 0 Å². The van der Waals surface area contributed by atoms with Crippen molar-refractivity contribution in [2.45, 2.75) is 25.8 Å². The zero-order chi connectivity index (χ0) is 24.8. The summed E-state index contributed by atoms with van der Waals surface area (Å²) >= 11 is 0. The summed E-state index contributed by atoms with van der Waals surface area (Å²) in [5, 5.41) is 6.60. The summed E-state index contributed by atoms with van der Waals surface area (Å²) in [6.07, 6.45) is 3.55. The van der Waals surface area contributed by atoms with Gasteiger partial charge in [-0.2, -0.15) is 0 Å². The summed E-state index contributed by atoms with van der Waals surface area (Å²) in [5.74, 6) is -0.0199. The van der Waals surface area contributed by atoms with Gasteiger partial charge in [0.15, 0.2) is 0 Å². The first-order chi connectivity index (χ1) is 17.4. The third-order valence-electron chi connectivity index (χ3n) is 6.63. The van der Waals surface area contributed by atoms with E-state index in [0.29, 0.717) is 17.1 Å². The van der Waals surface area contributed by atoms with Crippen LogP contribution in [0.4, 0.5) is 10.3 Å². The topological polar surface area (TPSA) is 103 Å². The summed E-state index contributed by atoms with van der Waals surface area (Å²) < 4.78 is 13.6. The van der Waals surface area contributed by atoms with E-state index in [-0.39, 0.29) is 29.6 Å². The highest BCUT2D eigenvalue weighted by atomic mass is 19.1. The number of amides is 2. The predicted molar refractivity (Wildman–Crippen MR) is 137 cm³/mol. The van der Waals surface area contributed by atoms with Gasteiger partial charge in [0.2, 0.25) is 11.9 Å². The van der Waals surface area contributed by atoms with Gasteiger partial charge in [-0.1, -0.05) is 24.3 Å². The second kappa shape index (κ2) is 8.64. The maximum Gasteiger partial charge on any atom is 0.253 e.